The first-order valence-corrected chi connectivity index (χ1v) is 4.23. The van der Waals surface area contributed by atoms with Crippen molar-refractivity contribution >= 4 is 0 Å². The standard InChI is InChI=1S/C10H11.Fe/c1-2-3-4-7-10-8-5-6-9-10;/h2-6,8H,9H2,1H3;. The summed E-state index contributed by atoms with van der Waals surface area (Å²) in [4.78, 5) is 0. The first-order chi connectivity index (χ1) is 5.34. The Hall–Kier alpha value is -0.521. The molecule has 1 heteroatoms. The number of allylic oxidation sites excluding steroid dienone is 8. The zero-order chi connectivity index (χ0) is 8.10. The molecule has 0 amide bonds. The minimum atomic E-state index is 1.03. The first-order valence-electron chi connectivity index (χ1n) is 3.68. The fourth-order valence-electron chi connectivity index (χ4n) is 0.905. The van der Waals surface area contributed by atoms with Gasteiger partial charge in [0.05, 0.1) is 0 Å². The van der Waals surface area contributed by atoms with Crippen molar-refractivity contribution in [1.82, 2.24) is 0 Å². The minimum absolute atomic E-state index is 1.03. The van der Waals surface area contributed by atoms with Gasteiger partial charge >= 0.3 is 75.9 Å². The molecule has 0 aromatic rings. The van der Waals surface area contributed by atoms with Gasteiger partial charge in [0.2, 0.25) is 0 Å². The molecule has 0 N–H and O–H groups in total. The van der Waals surface area contributed by atoms with Crippen molar-refractivity contribution < 1.29 is 16.0 Å². The van der Waals surface area contributed by atoms with E-state index in [-0.39, 0.29) is 0 Å². The fraction of sp³-hybridized carbons (Fsp3) is 0.200. The van der Waals surface area contributed by atoms with Crippen LogP contribution in [0.5, 0.6) is 0 Å². The molecule has 0 radical (unpaired) electrons. The Morgan fingerprint density at radius 3 is 3.00 bits per heavy atom. The van der Waals surface area contributed by atoms with Crippen LogP contribution in [0.15, 0.2) is 46.5 Å². The summed E-state index contributed by atoms with van der Waals surface area (Å²) in [5, 5.41) is 0. The molecule has 1 rings (SSSR count). The van der Waals surface area contributed by atoms with Crippen LogP contribution < -0.4 is 0 Å². The third-order valence-electron chi connectivity index (χ3n) is 1.50. The summed E-state index contributed by atoms with van der Waals surface area (Å²) in [6.07, 6.45) is 13.4. The van der Waals surface area contributed by atoms with E-state index in [2.05, 4.69) is 34.2 Å². The van der Waals surface area contributed by atoms with Crippen LogP contribution in [0.25, 0.3) is 0 Å². The number of hydrogen-bond acceptors (Lipinski definition) is 0. The summed E-state index contributed by atoms with van der Waals surface area (Å²) in [6, 6.07) is 0. The molecule has 0 nitrogen and oxygen atoms in total. The summed E-state index contributed by atoms with van der Waals surface area (Å²) in [5.41, 5.74) is 1.32. The van der Waals surface area contributed by atoms with Gasteiger partial charge in [-0.2, -0.15) is 0 Å². The third-order valence-corrected chi connectivity index (χ3v) is 2.04. The fourth-order valence-corrected chi connectivity index (χ4v) is 1.22. The summed E-state index contributed by atoms with van der Waals surface area (Å²) in [5.74, 6) is 0. The monoisotopic (exact) mass is 187 g/mol. The van der Waals surface area contributed by atoms with Gasteiger partial charge in [0.15, 0.2) is 0 Å². The molecule has 0 aromatic carbocycles. The summed E-state index contributed by atoms with van der Waals surface area (Å²) >= 11 is 3.96. The van der Waals surface area contributed by atoms with Crippen molar-refractivity contribution in [1.29, 1.82) is 0 Å². The molecule has 0 unspecified atom stereocenters. The molecule has 0 saturated heterocycles. The molecule has 59 valence electrons. The van der Waals surface area contributed by atoms with Crippen molar-refractivity contribution in [2.45, 2.75) is 13.3 Å². The molecule has 0 aromatic heterocycles. The van der Waals surface area contributed by atoms with Crippen molar-refractivity contribution in [3.8, 4) is 0 Å². The average molecular weight is 187 g/mol. The van der Waals surface area contributed by atoms with E-state index in [4.69, 9.17) is 0 Å². The predicted octanol–water partition coefficient (Wildman–Crippen LogP) is 2.88. The van der Waals surface area contributed by atoms with Crippen molar-refractivity contribution in [2.75, 3.05) is 0 Å². The topological polar surface area (TPSA) is 0 Å². The molecule has 0 aliphatic heterocycles. The second-order valence-electron chi connectivity index (χ2n) is 2.35. The SMILES string of the molecule is CC=CC=[C]([Fe])C1=CC=CC1. The Balaban J connectivity index is 2.61. The van der Waals surface area contributed by atoms with Gasteiger partial charge in [-0.3, -0.25) is 0 Å². The zero-order valence-electron chi connectivity index (χ0n) is 6.52. The van der Waals surface area contributed by atoms with Crippen LogP contribution in [0.4, 0.5) is 0 Å². The van der Waals surface area contributed by atoms with Crippen LogP contribution in [0.1, 0.15) is 13.3 Å². The Labute approximate surface area is 76.2 Å². The first kappa shape index (κ1) is 8.57. The molecule has 11 heavy (non-hydrogen) atoms. The Morgan fingerprint density at radius 1 is 1.64 bits per heavy atom. The maximum atomic E-state index is 3.96. The summed E-state index contributed by atoms with van der Waals surface area (Å²) < 4.78 is 1.12. The molecule has 0 heterocycles. The van der Waals surface area contributed by atoms with E-state index in [1.807, 2.05) is 25.2 Å². The van der Waals surface area contributed by atoms with E-state index in [0.29, 0.717) is 0 Å². The third kappa shape index (κ3) is 2.53. The van der Waals surface area contributed by atoms with E-state index >= 15 is 0 Å². The molecule has 1 aliphatic carbocycles. The van der Waals surface area contributed by atoms with Crippen molar-refractivity contribution in [2.24, 2.45) is 0 Å². The van der Waals surface area contributed by atoms with E-state index in [1.165, 1.54) is 5.57 Å². The number of hydrogen-bond donors (Lipinski definition) is 0. The van der Waals surface area contributed by atoms with Gasteiger partial charge in [0.25, 0.3) is 0 Å². The normalized spacial score (nSPS) is 18.0. The van der Waals surface area contributed by atoms with Crippen LogP contribution >= 0.6 is 0 Å². The molecule has 0 spiro atoms. The van der Waals surface area contributed by atoms with Gasteiger partial charge in [-0.05, 0) is 0 Å². The summed E-state index contributed by atoms with van der Waals surface area (Å²) in [7, 11) is 0. The van der Waals surface area contributed by atoms with Crippen molar-refractivity contribution in [3.05, 3.63) is 46.5 Å². The molecule has 0 atom stereocenters. The molecule has 0 saturated carbocycles. The second kappa shape index (κ2) is 4.38. The van der Waals surface area contributed by atoms with Crippen LogP contribution in [-0.2, 0) is 16.0 Å². The van der Waals surface area contributed by atoms with Crippen LogP contribution in [0.3, 0.4) is 0 Å². The maximum absolute atomic E-state index is 3.96. The molecule has 0 fully saturated rings. The van der Waals surface area contributed by atoms with Gasteiger partial charge in [-0.15, -0.1) is 0 Å². The van der Waals surface area contributed by atoms with Gasteiger partial charge in [-0.1, -0.05) is 0 Å². The van der Waals surface area contributed by atoms with Gasteiger partial charge in [-0.25, -0.2) is 0 Å². The molecular formula is C10H11Fe. The Kier molecular flexibility index (Phi) is 3.41. The van der Waals surface area contributed by atoms with Crippen LogP contribution in [0.2, 0.25) is 0 Å². The average Bonchev–Trinajstić information content (AvgIpc) is 2.52. The van der Waals surface area contributed by atoms with Gasteiger partial charge in [0, 0.05) is 0 Å². The molecule has 1 aliphatic rings. The quantitative estimate of drug-likeness (QED) is 0.460. The number of rotatable bonds is 2. The predicted molar refractivity (Wildman–Crippen MR) is 44.7 cm³/mol. The van der Waals surface area contributed by atoms with E-state index in [9.17, 15) is 0 Å². The summed E-state index contributed by atoms with van der Waals surface area (Å²) in [6.45, 7) is 2.01. The van der Waals surface area contributed by atoms with Crippen molar-refractivity contribution in [3.63, 3.8) is 0 Å². The van der Waals surface area contributed by atoms with E-state index < -0.39 is 0 Å². The zero-order valence-corrected chi connectivity index (χ0v) is 7.63. The molecule has 0 bridgehead atoms. The van der Waals surface area contributed by atoms with Crippen LogP contribution in [0, 0.1) is 0 Å². The van der Waals surface area contributed by atoms with Crippen LogP contribution in [-0.4, -0.2) is 0 Å². The van der Waals surface area contributed by atoms with Gasteiger partial charge < -0.3 is 0 Å². The Bertz CT molecular complexity index is 242. The van der Waals surface area contributed by atoms with E-state index in [0.717, 1.165) is 10.9 Å². The van der Waals surface area contributed by atoms with Gasteiger partial charge in [0.1, 0.15) is 0 Å². The molecular weight excluding hydrogens is 176 g/mol. The Morgan fingerprint density at radius 2 is 2.45 bits per heavy atom. The second-order valence-corrected chi connectivity index (χ2v) is 2.95. The van der Waals surface area contributed by atoms with E-state index in [1.54, 1.807) is 0 Å².